The van der Waals surface area contributed by atoms with E-state index >= 15 is 0 Å². The van der Waals surface area contributed by atoms with Crippen LogP contribution < -0.4 is 10.7 Å². The number of nitrogens with one attached hydrogen (secondary N) is 2. The third-order valence-corrected chi connectivity index (χ3v) is 6.19. The molecule has 5 rings (SSSR count). The van der Waals surface area contributed by atoms with Gasteiger partial charge in [-0.2, -0.15) is 5.01 Å². The van der Waals surface area contributed by atoms with Gasteiger partial charge in [0, 0.05) is 5.56 Å². The number of fused-ring (bicyclic) bond motifs is 1. The number of hydrogen-bond acceptors (Lipinski definition) is 5. The molecule has 0 bridgehead atoms. The topological polar surface area (TPSA) is 116 Å². The quantitative estimate of drug-likeness (QED) is 0.441. The lowest BCUT2D eigenvalue weighted by atomic mass is 9.92. The lowest BCUT2D eigenvalue weighted by Crippen LogP contribution is -2.47. The molecule has 2 aliphatic heterocycles. The van der Waals surface area contributed by atoms with E-state index in [2.05, 4.69) is 10.7 Å². The van der Waals surface area contributed by atoms with Crippen LogP contribution in [-0.4, -0.2) is 39.6 Å². The molecule has 174 valence electrons. The van der Waals surface area contributed by atoms with Crippen molar-refractivity contribution in [1.29, 1.82) is 0 Å². The van der Waals surface area contributed by atoms with Crippen LogP contribution in [0.3, 0.4) is 0 Å². The Morgan fingerprint density at radius 3 is 2.00 bits per heavy atom. The Hall–Kier alpha value is -4.79. The van der Waals surface area contributed by atoms with Crippen LogP contribution >= 0.6 is 0 Å². The van der Waals surface area contributed by atoms with Crippen LogP contribution in [0.2, 0.25) is 0 Å². The van der Waals surface area contributed by atoms with Gasteiger partial charge >= 0.3 is 6.03 Å². The SMILES string of the molecule is CC1(c2ccccc2)NC(=O)N(NC(=O)c2ccc(CN3C(=O)c4ccccc4C3=O)cc2)C1=O. The molecule has 3 aromatic carbocycles. The number of hydrazine groups is 1. The minimum atomic E-state index is -1.30. The highest BCUT2D eigenvalue weighted by Gasteiger charge is 2.50. The normalized spacial score (nSPS) is 19.1. The van der Waals surface area contributed by atoms with Gasteiger partial charge in [-0.05, 0) is 42.3 Å². The third kappa shape index (κ3) is 3.63. The summed E-state index contributed by atoms with van der Waals surface area (Å²) in [4.78, 5) is 64.4. The van der Waals surface area contributed by atoms with Crippen molar-refractivity contribution in [2.45, 2.75) is 19.0 Å². The Bertz CT molecular complexity index is 1350. The summed E-state index contributed by atoms with van der Waals surface area (Å²) in [7, 11) is 0. The Morgan fingerprint density at radius 2 is 1.40 bits per heavy atom. The fraction of sp³-hybridized carbons (Fsp3) is 0.115. The first-order chi connectivity index (χ1) is 16.8. The molecular weight excluding hydrogens is 448 g/mol. The summed E-state index contributed by atoms with van der Waals surface area (Å²) in [6, 6.07) is 20.9. The minimum absolute atomic E-state index is 0.0523. The summed E-state index contributed by atoms with van der Waals surface area (Å²) >= 11 is 0. The van der Waals surface area contributed by atoms with Crippen LogP contribution in [0.1, 0.15) is 49.1 Å². The van der Waals surface area contributed by atoms with Crippen molar-refractivity contribution < 1.29 is 24.0 Å². The van der Waals surface area contributed by atoms with Crippen molar-refractivity contribution in [3.05, 3.63) is 107 Å². The number of carbonyl (C=O) groups is 5. The van der Waals surface area contributed by atoms with E-state index in [0.29, 0.717) is 27.3 Å². The van der Waals surface area contributed by atoms with Gasteiger partial charge in [-0.25, -0.2) is 4.79 Å². The van der Waals surface area contributed by atoms with E-state index in [-0.39, 0.29) is 23.9 Å². The first-order valence-electron chi connectivity index (χ1n) is 10.9. The van der Waals surface area contributed by atoms with E-state index in [9.17, 15) is 24.0 Å². The molecule has 0 spiro atoms. The van der Waals surface area contributed by atoms with E-state index in [1.54, 1.807) is 73.7 Å². The highest BCUT2D eigenvalue weighted by atomic mass is 16.2. The molecule has 1 unspecified atom stereocenters. The van der Waals surface area contributed by atoms with Crippen LogP contribution in [0, 0.1) is 0 Å². The third-order valence-electron chi connectivity index (χ3n) is 6.19. The second-order valence-electron chi connectivity index (χ2n) is 8.44. The molecule has 2 heterocycles. The lowest BCUT2D eigenvalue weighted by Gasteiger charge is -2.22. The second kappa shape index (κ2) is 8.21. The summed E-state index contributed by atoms with van der Waals surface area (Å²) in [5.41, 5.74) is 3.21. The summed E-state index contributed by atoms with van der Waals surface area (Å²) in [5.74, 6) is -2.00. The monoisotopic (exact) mass is 468 g/mol. The predicted octanol–water partition coefficient (Wildman–Crippen LogP) is 2.59. The summed E-state index contributed by atoms with van der Waals surface area (Å²) in [6.45, 7) is 1.62. The van der Waals surface area contributed by atoms with Gasteiger partial charge in [0.1, 0.15) is 5.54 Å². The molecule has 3 aromatic rings. The van der Waals surface area contributed by atoms with Crippen molar-refractivity contribution in [3.8, 4) is 0 Å². The molecule has 0 radical (unpaired) electrons. The molecule has 6 amide bonds. The molecular formula is C26H20N4O5. The molecule has 2 aliphatic rings. The fourth-order valence-corrected chi connectivity index (χ4v) is 4.20. The zero-order valence-corrected chi connectivity index (χ0v) is 18.6. The van der Waals surface area contributed by atoms with E-state index in [4.69, 9.17) is 0 Å². The first kappa shape index (κ1) is 22.0. The molecule has 1 atom stereocenters. The highest BCUT2D eigenvalue weighted by molar-refractivity contribution is 6.21. The molecule has 35 heavy (non-hydrogen) atoms. The fourth-order valence-electron chi connectivity index (χ4n) is 4.20. The van der Waals surface area contributed by atoms with E-state index in [1.165, 1.54) is 12.1 Å². The van der Waals surface area contributed by atoms with Crippen LogP contribution in [0.25, 0.3) is 0 Å². The smallest absolute Gasteiger partial charge is 0.318 e. The van der Waals surface area contributed by atoms with Crippen LogP contribution in [0.15, 0.2) is 78.9 Å². The maximum Gasteiger partial charge on any atom is 0.344 e. The predicted molar refractivity (Wildman–Crippen MR) is 124 cm³/mol. The van der Waals surface area contributed by atoms with Gasteiger partial charge in [0.25, 0.3) is 23.6 Å². The van der Waals surface area contributed by atoms with Gasteiger partial charge in [0.05, 0.1) is 17.7 Å². The molecule has 2 N–H and O–H groups in total. The summed E-state index contributed by atoms with van der Waals surface area (Å²) in [5, 5.41) is 3.29. The van der Waals surface area contributed by atoms with Crippen LogP contribution in [0.5, 0.6) is 0 Å². The number of carbonyl (C=O) groups excluding carboxylic acids is 5. The zero-order valence-electron chi connectivity index (χ0n) is 18.6. The van der Waals surface area contributed by atoms with Crippen molar-refractivity contribution >= 4 is 29.7 Å². The van der Waals surface area contributed by atoms with E-state index in [0.717, 1.165) is 4.90 Å². The Balaban J connectivity index is 1.27. The number of amides is 6. The largest absolute Gasteiger partial charge is 0.344 e. The van der Waals surface area contributed by atoms with Gasteiger partial charge in [-0.3, -0.25) is 29.5 Å². The minimum Gasteiger partial charge on any atom is -0.318 e. The maximum atomic E-state index is 13.0. The first-order valence-corrected chi connectivity index (χ1v) is 10.9. The Kier molecular flexibility index (Phi) is 5.17. The molecule has 0 saturated carbocycles. The number of rotatable bonds is 5. The van der Waals surface area contributed by atoms with Gasteiger partial charge < -0.3 is 5.32 Å². The molecule has 0 aliphatic carbocycles. The van der Waals surface area contributed by atoms with Crippen molar-refractivity contribution in [2.75, 3.05) is 0 Å². The van der Waals surface area contributed by atoms with Crippen LogP contribution in [-0.2, 0) is 16.9 Å². The number of urea groups is 1. The standard InChI is InChI=1S/C26H20N4O5/c1-26(18-7-3-2-4-8-18)24(34)30(25(35)27-26)28-21(31)17-13-11-16(12-14-17)15-29-22(32)19-9-5-6-10-20(19)23(29)33/h2-14H,15H2,1H3,(H,27,35)(H,28,31). The van der Waals surface area contributed by atoms with Gasteiger partial charge in [0.15, 0.2) is 0 Å². The van der Waals surface area contributed by atoms with Crippen LogP contribution in [0.4, 0.5) is 4.79 Å². The van der Waals surface area contributed by atoms with Gasteiger partial charge in [-0.15, -0.1) is 0 Å². The zero-order chi connectivity index (χ0) is 24.7. The van der Waals surface area contributed by atoms with Gasteiger partial charge in [-0.1, -0.05) is 54.6 Å². The Morgan fingerprint density at radius 1 is 0.829 bits per heavy atom. The average Bonchev–Trinajstić information content (AvgIpc) is 3.25. The molecule has 9 heteroatoms. The maximum absolute atomic E-state index is 13.0. The molecule has 0 aromatic heterocycles. The van der Waals surface area contributed by atoms with E-state index < -0.39 is 23.4 Å². The second-order valence-corrected chi connectivity index (χ2v) is 8.44. The van der Waals surface area contributed by atoms with Crippen molar-refractivity contribution in [2.24, 2.45) is 0 Å². The average molecular weight is 468 g/mol. The molecule has 1 saturated heterocycles. The Labute approximate surface area is 200 Å². The van der Waals surface area contributed by atoms with E-state index in [1.807, 2.05) is 0 Å². The van der Waals surface area contributed by atoms with Gasteiger partial charge in [0.2, 0.25) is 0 Å². The van der Waals surface area contributed by atoms with Crippen molar-refractivity contribution in [1.82, 2.24) is 20.7 Å². The van der Waals surface area contributed by atoms with Crippen molar-refractivity contribution in [3.63, 3.8) is 0 Å². The summed E-state index contributed by atoms with van der Waals surface area (Å²) in [6.07, 6.45) is 0. The number of nitrogens with zero attached hydrogens (tertiary/aromatic N) is 2. The summed E-state index contributed by atoms with van der Waals surface area (Å²) < 4.78 is 0. The molecule has 9 nitrogen and oxygen atoms in total. The number of hydrogen-bond donors (Lipinski definition) is 2. The number of benzene rings is 3. The highest BCUT2D eigenvalue weighted by Crippen LogP contribution is 2.28. The molecule has 1 fully saturated rings. The number of imide groups is 2. The lowest BCUT2D eigenvalue weighted by molar-refractivity contribution is -0.132.